The number of halogens is 3. The monoisotopic (exact) mass is 224 g/mol. The van der Waals surface area contributed by atoms with Gasteiger partial charge in [0.05, 0.1) is 5.56 Å². The third kappa shape index (κ3) is 2.35. The molecule has 2 rings (SSSR count). The van der Waals surface area contributed by atoms with Gasteiger partial charge in [-0.15, -0.1) is 0 Å². The minimum absolute atomic E-state index is 0.600. The van der Waals surface area contributed by atoms with Crippen molar-refractivity contribution >= 4 is 5.57 Å². The third-order valence-corrected chi connectivity index (χ3v) is 2.54. The Morgan fingerprint density at radius 2 is 1.62 bits per heavy atom. The first-order chi connectivity index (χ1) is 7.57. The smallest absolute Gasteiger partial charge is 0.166 e. The zero-order valence-electron chi connectivity index (χ0n) is 8.59. The second-order valence-corrected chi connectivity index (χ2v) is 3.71. The molecule has 0 N–H and O–H groups in total. The Balaban J connectivity index is 2.26. The van der Waals surface area contributed by atoms with Gasteiger partial charge in [-0.3, -0.25) is 0 Å². The van der Waals surface area contributed by atoms with Gasteiger partial charge in [0, 0.05) is 0 Å². The topological polar surface area (TPSA) is 0 Å². The summed E-state index contributed by atoms with van der Waals surface area (Å²) >= 11 is 0. The van der Waals surface area contributed by atoms with Crippen molar-refractivity contribution in [3.63, 3.8) is 0 Å². The summed E-state index contributed by atoms with van der Waals surface area (Å²) in [6, 6.07) is 5.28. The first-order valence-corrected chi connectivity index (χ1v) is 5.12. The Bertz CT molecular complexity index is 421. The third-order valence-electron chi connectivity index (χ3n) is 2.54. The molecule has 0 aromatic heterocycles. The van der Waals surface area contributed by atoms with Gasteiger partial charge < -0.3 is 0 Å². The van der Waals surface area contributed by atoms with E-state index in [4.69, 9.17) is 0 Å². The van der Waals surface area contributed by atoms with Crippen LogP contribution in [0.3, 0.4) is 0 Å². The van der Waals surface area contributed by atoms with Gasteiger partial charge in [0.25, 0.3) is 0 Å². The van der Waals surface area contributed by atoms with Gasteiger partial charge in [0.1, 0.15) is 0 Å². The van der Waals surface area contributed by atoms with Crippen LogP contribution >= 0.6 is 0 Å². The van der Waals surface area contributed by atoms with Crippen molar-refractivity contribution < 1.29 is 13.2 Å². The zero-order valence-corrected chi connectivity index (χ0v) is 8.59. The van der Waals surface area contributed by atoms with E-state index in [0.29, 0.717) is 0 Å². The number of hydrogen-bond acceptors (Lipinski definition) is 0. The van der Waals surface area contributed by atoms with Crippen LogP contribution in [-0.4, -0.2) is 0 Å². The largest absolute Gasteiger partial charge is 0.416 e. The lowest BCUT2D eigenvalue weighted by atomic mass is 9.99. The van der Waals surface area contributed by atoms with E-state index in [9.17, 15) is 13.2 Å². The van der Waals surface area contributed by atoms with E-state index in [0.717, 1.165) is 36.1 Å². The number of allylic oxidation sites excluding steroid dienone is 4. The molecule has 1 aromatic carbocycles. The van der Waals surface area contributed by atoms with Crippen molar-refractivity contribution in [1.29, 1.82) is 0 Å². The summed E-state index contributed by atoms with van der Waals surface area (Å²) in [7, 11) is 0. The van der Waals surface area contributed by atoms with E-state index in [1.165, 1.54) is 12.1 Å². The molecule has 0 heterocycles. The van der Waals surface area contributed by atoms with Gasteiger partial charge in [-0.2, -0.15) is 13.2 Å². The van der Waals surface area contributed by atoms with E-state index < -0.39 is 11.7 Å². The lowest BCUT2D eigenvalue weighted by Crippen LogP contribution is -2.04. The van der Waals surface area contributed by atoms with Crippen molar-refractivity contribution in [3.8, 4) is 0 Å². The molecular formula is C13H11F3. The average Bonchev–Trinajstić information content (AvgIpc) is 2.29. The lowest BCUT2D eigenvalue weighted by Gasteiger charge is -2.10. The molecule has 1 aromatic rings. The number of alkyl halides is 3. The molecule has 0 saturated carbocycles. The summed E-state index contributed by atoms with van der Waals surface area (Å²) in [5.41, 5.74) is 1.24. The molecule has 16 heavy (non-hydrogen) atoms. The van der Waals surface area contributed by atoms with E-state index in [1.807, 2.05) is 18.2 Å². The summed E-state index contributed by atoms with van der Waals surface area (Å²) in [6.45, 7) is 0. The molecule has 0 unspecified atom stereocenters. The highest BCUT2D eigenvalue weighted by atomic mass is 19.4. The lowest BCUT2D eigenvalue weighted by molar-refractivity contribution is -0.137. The molecule has 0 atom stereocenters. The van der Waals surface area contributed by atoms with Crippen LogP contribution < -0.4 is 0 Å². The molecule has 0 spiro atoms. The zero-order chi connectivity index (χ0) is 11.6. The van der Waals surface area contributed by atoms with Gasteiger partial charge in [0.2, 0.25) is 0 Å². The molecular weight excluding hydrogens is 213 g/mol. The van der Waals surface area contributed by atoms with Crippen LogP contribution in [0, 0.1) is 0 Å². The van der Waals surface area contributed by atoms with Crippen LogP contribution in [0.15, 0.2) is 42.5 Å². The SMILES string of the molecule is FC(F)(F)c1ccc(C2=CCCC=C2)cc1. The molecule has 0 saturated heterocycles. The van der Waals surface area contributed by atoms with Gasteiger partial charge >= 0.3 is 6.18 Å². The van der Waals surface area contributed by atoms with Gasteiger partial charge in [-0.25, -0.2) is 0 Å². The van der Waals surface area contributed by atoms with Crippen LogP contribution in [0.4, 0.5) is 13.2 Å². The number of hydrogen-bond donors (Lipinski definition) is 0. The Hall–Kier alpha value is -1.51. The van der Waals surface area contributed by atoms with Crippen molar-refractivity contribution in [3.05, 3.63) is 53.6 Å². The van der Waals surface area contributed by atoms with Crippen molar-refractivity contribution in [2.75, 3.05) is 0 Å². The molecule has 1 aliphatic carbocycles. The maximum Gasteiger partial charge on any atom is 0.416 e. The van der Waals surface area contributed by atoms with Crippen LogP contribution in [0.5, 0.6) is 0 Å². The summed E-state index contributed by atoms with van der Waals surface area (Å²) < 4.78 is 37.0. The predicted molar refractivity (Wildman–Crippen MR) is 57.8 cm³/mol. The fourth-order valence-corrected chi connectivity index (χ4v) is 1.68. The van der Waals surface area contributed by atoms with E-state index in [-0.39, 0.29) is 0 Å². The highest BCUT2D eigenvalue weighted by Crippen LogP contribution is 2.30. The van der Waals surface area contributed by atoms with Crippen molar-refractivity contribution in [1.82, 2.24) is 0 Å². The Labute approximate surface area is 92.1 Å². The summed E-state index contributed by atoms with van der Waals surface area (Å²) in [5.74, 6) is 0. The molecule has 0 amide bonds. The standard InChI is InChI=1S/C13H11F3/c14-13(15,16)12-8-6-11(7-9-12)10-4-2-1-3-5-10/h2,4-9H,1,3H2. The average molecular weight is 224 g/mol. The molecule has 0 radical (unpaired) electrons. The van der Waals surface area contributed by atoms with Crippen LogP contribution in [0.1, 0.15) is 24.0 Å². The molecule has 0 fully saturated rings. The highest BCUT2D eigenvalue weighted by Gasteiger charge is 2.29. The second-order valence-electron chi connectivity index (χ2n) is 3.71. The van der Waals surface area contributed by atoms with Gasteiger partial charge in [0.15, 0.2) is 0 Å². The van der Waals surface area contributed by atoms with Crippen LogP contribution in [-0.2, 0) is 6.18 Å². The maximum atomic E-state index is 12.3. The Kier molecular flexibility index (Phi) is 2.86. The fourth-order valence-electron chi connectivity index (χ4n) is 1.68. The minimum atomic E-state index is -4.25. The second kappa shape index (κ2) is 4.16. The predicted octanol–water partition coefficient (Wildman–Crippen LogP) is 4.44. The van der Waals surface area contributed by atoms with Crippen LogP contribution in [0.2, 0.25) is 0 Å². The Morgan fingerprint density at radius 1 is 0.938 bits per heavy atom. The number of benzene rings is 1. The molecule has 0 bridgehead atoms. The summed E-state index contributed by atoms with van der Waals surface area (Å²) in [4.78, 5) is 0. The van der Waals surface area contributed by atoms with Crippen molar-refractivity contribution in [2.24, 2.45) is 0 Å². The van der Waals surface area contributed by atoms with E-state index in [2.05, 4.69) is 0 Å². The highest BCUT2D eigenvalue weighted by molar-refractivity contribution is 5.74. The molecule has 84 valence electrons. The van der Waals surface area contributed by atoms with Gasteiger partial charge in [-0.1, -0.05) is 30.4 Å². The number of rotatable bonds is 1. The summed E-state index contributed by atoms with van der Waals surface area (Å²) in [6.07, 6.45) is 3.73. The minimum Gasteiger partial charge on any atom is -0.166 e. The van der Waals surface area contributed by atoms with Gasteiger partial charge in [-0.05, 0) is 36.1 Å². The normalized spacial score (nSPS) is 16.1. The quantitative estimate of drug-likeness (QED) is 0.661. The van der Waals surface area contributed by atoms with Crippen molar-refractivity contribution in [2.45, 2.75) is 19.0 Å². The molecule has 1 aliphatic rings. The van der Waals surface area contributed by atoms with E-state index >= 15 is 0 Å². The first-order valence-electron chi connectivity index (χ1n) is 5.12. The Morgan fingerprint density at radius 3 is 2.12 bits per heavy atom. The molecule has 0 aliphatic heterocycles. The van der Waals surface area contributed by atoms with Crippen LogP contribution in [0.25, 0.3) is 5.57 Å². The summed E-state index contributed by atoms with van der Waals surface area (Å²) in [5, 5.41) is 0. The fraction of sp³-hybridized carbons (Fsp3) is 0.231. The van der Waals surface area contributed by atoms with E-state index in [1.54, 1.807) is 0 Å². The molecule has 3 heteroatoms. The maximum absolute atomic E-state index is 12.3. The first kappa shape index (κ1) is 11.0. The molecule has 0 nitrogen and oxygen atoms in total.